The number of carbonyl (C=O) groups excluding carboxylic acids is 1. The molecule has 0 aromatic rings. The Morgan fingerprint density at radius 2 is 2.24 bits per heavy atom. The molecule has 6 nitrogen and oxygen atoms in total. The van der Waals surface area contributed by atoms with Crippen LogP contribution in [0.3, 0.4) is 0 Å². The molecule has 2 aliphatic heterocycles. The van der Waals surface area contributed by atoms with E-state index in [2.05, 4.69) is 0 Å². The van der Waals surface area contributed by atoms with E-state index in [1.165, 1.54) is 16.7 Å². The summed E-state index contributed by atoms with van der Waals surface area (Å²) in [6.07, 6.45) is 0.918. The van der Waals surface area contributed by atoms with Crippen molar-refractivity contribution in [2.24, 2.45) is 11.7 Å². The first-order chi connectivity index (χ1) is 8.13. The van der Waals surface area contributed by atoms with Gasteiger partial charge in [-0.3, -0.25) is 0 Å². The molecule has 0 aromatic heterocycles. The van der Waals surface area contributed by atoms with Crippen molar-refractivity contribution >= 4 is 23.8 Å². The van der Waals surface area contributed by atoms with Crippen LogP contribution in [-0.2, 0) is 4.79 Å². The number of nitrogens with zero attached hydrogens (tertiary/aromatic N) is 2. The standard InChI is InChI=1S/C10H17N3O3S/c11-3-7-1-2-12(4-7)10(16)13-6-17-5-8(13)9(14)15/h7-8H,1-6,11H2,(H,14,15)/t7?,8-/m0/s1. The molecule has 0 spiro atoms. The van der Waals surface area contributed by atoms with Crippen molar-refractivity contribution in [1.82, 2.24) is 9.80 Å². The van der Waals surface area contributed by atoms with Gasteiger partial charge in [-0.25, -0.2) is 9.59 Å². The Balaban J connectivity index is 1.98. The van der Waals surface area contributed by atoms with E-state index in [1.54, 1.807) is 4.90 Å². The fourth-order valence-electron chi connectivity index (χ4n) is 2.22. The van der Waals surface area contributed by atoms with Gasteiger partial charge in [0.2, 0.25) is 0 Å². The third-order valence-electron chi connectivity index (χ3n) is 3.30. The molecule has 7 heteroatoms. The highest BCUT2D eigenvalue weighted by molar-refractivity contribution is 7.99. The van der Waals surface area contributed by atoms with E-state index in [-0.39, 0.29) is 6.03 Å². The van der Waals surface area contributed by atoms with E-state index in [4.69, 9.17) is 10.8 Å². The van der Waals surface area contributed by atoms with Crippen molar-refractivity contribution in [3.05, 3.63) is 0 Å². The minimum Gasteiger partial charge on any atom is -0.480 e. The van der Waals surface area contributed by atoms with Gasteiger partial charge in [0.05, 0.1) is 5.88 Å². The summed E-state index contributed by atoms with van der Waals surface area (Å²) in [6.45, 7) is 1.93. The van der Waals surface area contributed by atoms with Gasteiger partial charge in [-0.2, -0.15) is 0 Å². The van der Waals surface area contributed by atoms with Crippen LogP contribution in [0.15, 0.2) is 0 Å². The molecule has 2 amide bonds. The van der Waals surface area contributed by atoms with Crippen molar-refractivity contribution in [1.29, 1.82) is 0 Å². The quantitative estimate of drug-likeness (QED) is 0.720. The van der Waals surface area contributed by atoms with E-state index >= 15 is 0 Å². The maximum atomic E-state index is 12.2. The summed E-state index contributed by atoms with van der Waals surface area (Å²) in [5.74, 6) is 0.393. The molecule has 0 aliphatic carbocycles. The summed E-state index contributed by atoms with van der Waals surface area (Å²) in [5.41, 5.74) is 5.58. The highest BCUT2D eigenvalue weighted by atomic mass is 32.2. The van der Waals surface area contributed by atoms with Gasteiger partial charge < -0.3 is 20.6 Å². The van der Waals surface area contributed by atoms with Gasteiger partial charge in [0.25, 0.3) is 0 Å². The molecular formula is C10H17N3O3S. The zero-order valence-corrected chi connectivity index (χ0v) is 10.4. The fraction of sp³-hybridized carbons (Fsp3) is 0.800. The minimum absolute atomic E-state index is 0.154. The molecule has 1 unspecified atom stereocenters. The van der Waals surface area contributed by atoms with E-state index < -0.39 is 12.0 Å². The van der Waals surface area contributed by atoms with Crippen LogP contribution in [0.4, 0.5) is 4.79 Å². The number of aliphatic carboxylic acids is 1. The minimum atomic E-state index is -0.919. The second kappa shape index (κ2) is 5.14. The Morgan fingerprint density at radius 3 is 2.82 bits per heavy atom. The van der Waals surface area contributed by atoms with E-state index in [1.807, 2.05) is 0 Å². The SMILES string of the molecule is NCC1CCN(C(=O)N2CSC[C@H]2C(=O)O)C1. The van der Waals surface area contributed by atoms with Crippen LogP contribution in [0, 0.1) is 5.92 Å². The third kappa shape index (κ3) is 2.50. The Morgan fingerprint density at radius 1 is 1.47 bits per heavy atom. The van der Waals surface area contributed by atoms with E-state index in [0.717, 1.165) is 6.42 Å². The third-order valence-corrected chi connectivity index (χ3v) is 4.31. The van der Waals surface area contributed by atoms with Gasteiger partial charge in [-0.05, 0) is 18.9 Å². The van der Waals surface area contributed by atoms with Gasteiger partial charge in [-0.15, -0.1) is 11.8 Å². The van der Waals surface area contributed by atoms with Crippen molar-refractivity contribution in [3.8, 4) is 0 Å². The lowest BCUT2D eigenvalue weighted by atomic mass is 10.1. The largest absolute Gasteiger partial charge is 0.480 e. The summed E-state index contributed by atoms with van der Waals surface area (Å²) in [4.78, 5) is 26.3. The second-order valence-corrected chi connectivity index (χ2v) is 5.44. The molecule has 2 fully saturated rings. The molecule has 2 saturated heterocycles. The lowest BCUT2D eigenvalue weighted by molar-refractivity contribution is -0.140. The molecule has 2 atom stereocenters. The van der Waals surface area contributed by atoms with Gasteiger partial charge in [0.15, 0.2) is 0 Å². The summed E-state index contributed by atoms with van der Waals surface area (Å²) in [5, 5.41) is 9.03. The number of nitrogens with two attached hydrogens (primary N) is 1. The van der Waals surface area contributed by atoms with Crippen molar-refractivity contribution in [3.63, 3.8) is 0 Å². The Labute approximate surface area is 104 Å². The maximum Gasteiger partial charge on any atom is 0.327 e. The van der Waals surface area contributed by atoms with Gasteiger partial charge in [0.1, 0.15) is 6.04 Å². The number of likely N-dealkylation sites (tertiary alicyclic amines) is 1. The van der Waals surface area contributed by atoms with Crippen molar-refractivity contribution < 1.29 is 14.7 Å². The molecule has 3 N–H and O–H groups in total. The van der Waals surface area contributed by atoms with Crippen LogP contribution in [0.2, 0.25) is 0 Å². The van der Waals surface area contributed by atoms with Crippen LogP contribution < -0.4 is 5.73 Å². The van der Waals surface area contributed by atoms with Crippen LogP contribution in [0.5, 0.6) is 0 Å². The summed E-state index contributed by atoms with van der Waals surface area (Å²) in [7, 11) is 0. The molecular weight excluding hydrogens is 242 g/mol. The molecule has 2 rings (SSSR count). The molecule has 2 aliphatic rings. The van der Waals surface area contributed by atoms with Gasteiger partial charge in [-0.1, -0.05) is 0 Å². The fourth-order valence-corrected chi connectivity index (χ4v) is 3.35. The van der Waals surface area contributed by atoms with Crippen LogP contribution in [-0.4, -0.2) is 64.2 Å². The Bertz CT molecular complexity index is 326. The van der Waals surface area contributed by atoms with Gasteiger partial charge >= 0.3 is 12.0 Å². The predicted octanol–water partition coefficient (Wildman–Crippen LogP) is -0.153. The summed E-state index contributed by atoms with van der Waals surface area (Å²) >= 11 is 1.49. The molecule has 0 radical (unpaired) electrons. The number of urea groups is 1. The summed E-state index contributed by atoms with van der Waals surface area (Å²) in [6, 6.07) is -0.831. The molecule has 0 bridgehead atoms. The predicted molar refractivity (Wildman–Crippen MR) is 64.7 cm³/mol. The highest BCUT2D eigenvalue weighted by Gasteiger charge is 2.38. The molecule has 17 heavy (non-hydrogen) atoms. The lowest BCUT2D eigenvalue weighted by Gasteiger charge is -2.26. The number of carboxylic acids is 1. The second-order valence-electron chi connectivity index (χ2n) is 4.44. The van der Waals surface area contributed by atoms with Gasteiger partial charge in [0, 0.05) is 18.8 Å². The average Bonchev–Trinajstić information content (AvgIpc) is 2.97. The zero-order valence-electron chi connectivity index (χ0n) is 9.54. The zero-order chi connectivity index (χ0) is 12.4. The Kier molecular flexibility index (Phi) is 3.78. The topological polar surface area (TPSA) is 86.9 Å². The first-order valence-electron chi connectivity index (χ1n) is 5.69. The summed E-state index contributed by atoms with van der Waals surface area (Å²) < 4.78 is 0. The number of carbonyl (C=O) groups is 2. The number of hydrogen-bond donors (Lipinski definition) is 2. The Hall–Kier alpha value is -0.950. The molecule has 96 valence electrons. The van der Waals surface area contributed by atoms with Crippen molar-refractivity contribution in [2.75, 3.05) is 31.3 Å². The number of amides is 2. The molecule has 2 heterocycles. The average molecular weight is 259 g/mol. The first-order valence-corrected chi connectivity index (χ1v) is 6.85. The maximum absolute atomic E-state index is 12.2. The van der Waals surface area contributed by atoms with Crippen molar-refractivity contribution in [2.45, 2.75) is 12.5 Å². The highest BCUT2D eigenvalue weighted by Crippen LogP contribution is 2.25. The van der Waals surface area contributed by atoms with E-state index in [0.29, 0.717) is 37.2 Å². The van der Waals surface area contributed by atoms with Crippen LogP contribution in [0.1, 0.15) is 6.42 Å². The lowest BCUT2D eigenvalue weighted by Crippen LogP contribution is -2.48. The van der Waals surface area contributed by atoms with E-state index in [9.17, 15) is 9.59 Å². The number of rotatable bonds is 2. The van der Waals surface area contributed by atoms with Crippen LogP contribution >= 0.6 is 11.8 Å². The number of thioether (sulfide) groups is 1. The smallest absolute Gasteiger partial charge is 0.327 e. The first kappa shape index (κ1) is 12.5. The number of carboxylic acid groups (broad SMARTS) is 1. The monoisotopic (exact) mass is 259 g/mol. The normalized spacial score (nSPS) is 28.8. The molecule has 0 aromatic carbocycles. The molecule has 0 saturated carbocycles. The number of hydrogen-bond acceptors (Lipinski definition) is 4. The van der Waals surface area contributed by atoms with Crippen LogP contribution in [0.25, 0.3) is 0 Å².